The number of aryl methyl sites for hydroxylation is 1. The van der Waals surface area contributed by atoms with Gasteiger partial charge >= 0.3 is 0 Å². The summed E-state index contributed by atoms with van der Waals surface area (Å²) in [4.78, 5) is 13.6. The number of fused-ring (bicyclic) bond motifs is 2. The van der Waals surface area contributed by atoms with Gasteiger partial charge in [-0.2, -0.15) is 0 Å². The van der Waals surface area contributed by atoms with Crippen molar-refractivity contribution in [3.05, 3.63) is 30.6 Å². The van der Waals surface area contributed by atoms with Crippen LogP contribution in [-0.2, 0) is 11.8 Å². The van der Waals surface area contributed by atoms with Crippen LogP contribution in [0.5, 0.6) is 0 Å². The van der Waals surface area contributed by atoms with Crippen LogP contribution in [0.2, 0.25) is 0 Å². The predicted molar refractivity (Wildman–Crippen MR) is 92.5 cm³/mol. The number of hydrogen-bond donors (Lipinski definition) is 2. The first-order chi connectivity index (χ1) is 11.6. The summed E-state index contributed by atoms with van der Waals surface area (Å²) in [7, 11) is 1.91. The molecule has 1 aromatic carbocycles. The van der Waals surface area contributed by atoms with Gasteiger partial charge in [-0.15, -0.1) is 10.2 Å². The summed E-state index contributed by atoms with van der Waals surface area (Å²) in [5.74, 6) is 1.05. The van der Waals surface area contributed by atoms with Gasteiger partial charge < -0.3 is 15.6 Å². The third kappa shape index (κ3) is 2.82. The fourth-order valence-electron chi connectivity index (χ4n) is 4.03. The van der Waals surface area contributed by atoms with Crippen LogP contribution < -0.4 is 11.1 Å². The molecule has 0 aliphatic heterocycles. The first-order valence-corrected chi connectivity index (χ1v) is 9.12. The largest absolute Gasteiger partial charge is 0.327 e. The van der Waals surface area contributed by atoms with E-state index in [0.29, 0.717) is 11.8 Å². The van der Waals surface area contributed by atoms with E-state index in [9.17, 15) is 4.79 Å². The summed E-state index contributed by atoms with van der Waals surface area (Å²) in [6.07, 6.45) is 5.12. The molecular weight excluding hydrogens is 322 g/mol. The van der Waals surface area contributed by atoms with Gasteiger partial charge in [-0.3, -0.25) is 4.79 Å². The molecule has 0 saturated heterocycles. The van der Waals surface area contributed by atoms with Gasteiger partial charge in [0, 0.05) is 23.7 Å². The molecule has 1 heterocycles. The molecule has 24 heavy (non-hydrogen) atoms. The minimum Gasteiger partial charge on any atom is -0.327 e. The van der Waals surface area contributed by atoms with Gasteiger partial charge in [0.15, 0.2) is 5.16 Å². The molecule has 2 fully saturated rings. The van der Waals surface area contributed by atoms with E-state index in [-0.39, 0.29) is 17.9 Å². The molecule has 2 saturated carbocycles. The predicted octanol–water partition coefficient (Wildman–Crippen LogP) is 2.28. The highest BCUT2D eigenvalue weighted by atomic mass is 32.2. The van der Waals surface area contributed by atoms with Gasteiger partial charge in [0.2, 0.25) is 5.91 Å². The van der Waals surface area contributed by atoms with Crippen LogP contribution in [0.4, 0.5) is 5.69 Å². The van der Waals surface area contributed by atoms with Gasteiger partial charge in [0.25, 0.3) is 0 Å². The Morgan fingerprint density at radius 2 is 2.04 bits per heavy atom. The van der Waals surface area contributed by atoms with Crippen molar-refractivity contribution < 1.29 is 4.79 Å². The molecule has 1 amide bonds. The Morgan fingerprint density at radius 1 is 1.29 bits per heavy atom. The van der Waals surface area contributed by atoms with Crippen molar-refractivity contribution in [3.8, 4) is 0 Å². The lowest BCUT2D eigenvalue weighted by atomic mass is 9.84. The number of amides is 1. The van der Waals surface area contributed by atoms with Crippen LogP contribution in [-0.4, -0.2) is 26.7 Å². The maximum Gasteiger partial charge on any atom is 0.229 e. The standard InChI is InChI=1S/C17H21N5OS/c1-22-9-19-21-17(22)24-13-6-4-12(5-7-13)20-16(23)14-10-2-3-11(8-10)15(14)18/h4-7,9-11,14-15H,2-3,8,18H2,1H3,(H,20,23). The Hall–Kier alpha value is -1.86. The molecule has 2 bridgehead atoms. The summed E-state index contributed by atoms with van der Waals surface area (Å²) >= 11 is 1.54. The number of nitrogens with two attached hydrogens (primary N) is 1. The zero-order chi connectivity index (χ0) is 16.7. The van der Waals surface area contributed by atoms with Crippen molar-refractivity contribution in [2.75, 3.05) is 5.32 Å². The Balaban J connectivity index is 1.40. The van der Waals surface area contributed by atoms with Gasteiger partial charge in [0.05, 0.1) is 5.92 Å². The molecule has 4 rings (SSSR count). The quantitative estimate of drug-likeness (QED) is 0.889. The van der Waals surface area contributed by atoms with Crippen LogP contribution in [0.3, 0.4) is 0 Å². The Kier molecular flexibility index (Phi) is 4.05. The number of benzene rings is 1. The summed E-state index contributed by atoms with van der Waals surface area (Å²) in [5, 5.41) is 11.8. The molecule has 0 spiro atoms. The molecule has 4 unspecified atom stereocenters. The Labute approximate surface area is 145 Å². The molecule has 2 aliphatic rings. The number of carbonyl (C=O) groups is 1. The summed E-state index contributed by atoms with van der Waals surface area (Å²) in [6.45, 7) is 0. The van der Waals surface area contributed by atoms with Crippen LogP contribution in [0.1, 0.15) is 19.3 Å². The fraction of sp³-hybridized carbons (Fsp3) is 0.471. The van der Waals surface area contributed by atoms with Crippen LogP contribution in [0.15, 0.2) is 40.6 Å². The lowest BCUT2D eigenvalue weighted by Gasteiger charge is -2.27. The van der Waals surface area contributed by atoms with Crippen LogP contribution in [0.25, 0.3) is 0 Å². The van der Waals surface area contributed by atoms with Crippen molar-refractivity contribution in [2.24, 2.45) is 30.5 Å². The van der Waals surface area contributed by atoms with E-state index in [1.54, 1.807) is 18.1 Å². The van der Waals surface area contributed by atoms with E-state index in [1.165, 1.54) is 6.42 Å². The van der Waals surface area contributed by atoms with E-state index < -0.39 is 0 Å². The topological polar surface area (TPSA) is 85.8 Å². The van der Waals surface area contributed by atoms with Crippen molar-refractivity contribution in [1.82, 2.24) is 14.8 Å². The van der Waals surface area contributed by atoms with Crippen molar-refractivity contribution in [2.45, 2.75) is 35.4 Å². The molecular formula is C17H21N5OS. The first kappa shape index (κ1) is 15.7. The van der Waals surface area contributed by atoms with E-state index >= 15 is 0 Å². The molecule has 4 atom stereocenters. The summed E-state index contributed by atoms with van der Waals surface area (Å²) in [5.41, 5.74) is 7.07. The van der Waals surface area contributed by atoms with Crippen molar-refractivity contribution in [3.63, 3.8) is 0 Å². The summed E-state index contributed by atoms with van der Waals surface area (Å²) < 4.78 is 1.87. The lowest BCUT2D eigenvalue weighted by Crippen LogP contribution is -2.42. The molecule has 3 N–H and O–H groups in total. The summed E-state index contributed by atoms with van der Waals surface area (Å²) in [6, 6.07) is 7.84. The number of rotatable bonds is 4. The van der Waals surface area contributed by atoms with Gasteiger partial charge in [-0.1, -0.05) is 0 Å². The number of nitrogens with zero attached hydrogens (tertiary/aromatic N) is 3. The zero-order valence-electron chi connectivity index (χ0n) is 13.6. The Morgan fingerprint density at radius 3 is 2.67 bits per heavy atom. The lowest BCUT2D eigenvalue weighted by molar-refractivity contribution is -0.121. The second-order valence-corrected chi connectivity index (χ2v) is 7.82. The SMILES string of the molecule is Cn1cnnc1Sc1ccc(NC(=O)C2C3CCC(C3)C2N)cc1. The average molecular weight is 343 g/mol. The second kappa shape index (κ2) is 6.22. The number of carbonyl (C=O) groups excluding carboxylic acids is 1. The van der Waals surface area contributed by atoms with Crippen molar-refractivity contribution >= 4 is 23.4 Å². The number of hydrogen-bond acceptors (Lipinski definition) is 5. The zero-order valence-corrected chi connectivity index (χ0v) is 14.4. The molecule has 6 nitrogen and oxygen atoms in total. The molecule has 0 radical (unpaired) electrons. The fourth-order valence-corrected chi connectivity index (χ4v) is 4.79. The molecule has 126 valence electrons. The van der Waals surface area contributed by atoms with E-state index in [4.69, 9.17) is 5.73 Å². The first-order valence-electron chi connectivity index (χ1n) is 8.30. The normalized spacial score (nSPS) is 28.2. The molecule has 1 aromatic heterocycles. The van der Waals surface area contributed by atoms with E-state index in [2.05, 4.69) is 15.5 Å². The van der Waals surface area contributed by atoms with Crippen molar-refractivity contribution in [1.29, 1.82) is 0 Å². The molecule has 7 heteroatoms. The van der Waals surface area contributed by atoms with Gasteiger partial charge in [-0.25, -0.2) is 0 Å². The van der Waals surface area contributed by atoms with Crippen LogP contribution in [0, 0.1) is 17.8 Å². The highest BCUT2D eigenvalue weighted by molar-refractivity contribution is 7.99. The van der Waals surface area contributed by atoms with Gasteiger partial charge in [-0.05, 0) is 67.1 Å². The highest BCUT2D eigenvalue weighted by Gasteiger charge is 2.49. The third-order valence-electron chi connectivity index (χ3n) is 5.28. The van der Waals surface area contributed by atoms with E-state index in [0.717, 1.165) is 28.6 Å². The smallest absolute Gasteiger partial charge is 0.229 e. The van der Waals surface area contributed by atoms with Gasteiger partial charge in [0.1, 0.15) is 6.33 Å². The Bertz CT molecular complexity index is 742. The minimum atomic E-state index is -0.0311. The monoisotopic (exact) mass is 343 g/mol. The third-order valence-corrected chi connectivity index (χ3v) is 6.34. The minimum absolute atomic E-state index is 0.0227. The number of aromatic nitrogens is 3. The maximum absolute atomic E-state index is 12.6. The maximum atomic E-state index is 12.6. The second-order valence-electron chi connectivity index (χ2n) is 6.78. The number of anilines is 1. The van der Waals surface area contributed by atoms with E-state index in [1.807, 2.05) is 35.9 Å². The highest BCUT2D eigenvalue weighted by Crippen LogP contribution is 2.47. The van der Waals surface area contributed by atoms with Crippen LogP contribution >= 0.6 is 11.8 Å². The number of nitrogens with one attached hydrogen (secondary N) is 1. The molecule has 2 aromatic rings. The molecule has 2 aliphatic carbocycles. The average Bonchev–Trinajstić information content (AvgIpc) is 3.26.